The number of likely N-dealkylation sites (tertiary alicyclic amines) is 1. The number of hydrogen-bond acceptors (Lipinski definition) is 2. The van der Waals surface area contributed by atoms with Crippen LogP contribution in [-0.2, 0) is 9.59 Å². The molecule has 1 N–H and O–H groups in total. The average Bonchev–Trinajstić information content (AvgIpc) is 2.68. The van der Waals surface area contributed by atoms with Crippen molar-refractivity contribution in [3.05, 3.63) is 0 Å². The monoisotopic (exact) mass is 266 g/mol. The van der Waals surface area contributed by atoms with Gasteiger partial charge in [0.1, 0.15) is 0 Å². The summed E-state index contributed by atoms with van der Waals surface area (Å²) >= 11 is 0. The number of carbonyl (C=O) groups is 2. The Kier molecular flexibility index (Phi) is 4.16. The lowest BCUT2D eigenvalue weighted by atomic mass is 9.91. The highest BCUT2D eigenvalue weighted by molar-refractivity contribution is 5.81. The Hall–Kier alpha value is -1.06. The van der Waals surface area contributed by atoms with E-state index in [1.165, 1.54) is 6.42 Å². The molecular formula is C15H26N2O2. The van der Waals surface area contributed by atoms with Gasteiger partial charge in [-0.25, -0.2) is 0 Å². The van der Waals surface area contributed by atoms with Crippen molar-refractivity contribution in [2.75, 3.05) is 13.1 Å². The van der Waals surface area contributed by atoms with Crippen molar-refractivity contribution in [3.63, 3.8) is 0 Å². The molecule has 2 atom stereocenters. The Morgan fingerprint density at radius 1 is 1.26 bits per heavy atom. The summed E-state index contributed by atoms with van der Waals surface area (Å²) in [4.78, 5) is 25.5. The Balaban J connectivity index is 1.85. The van der Waals surface area contributed by atoms with Crippen LogP contribution in [0.3, 0.4) is 0 Å². The van der Waals surface area contributed by atoms with Crippen molar-refractivity contribution in [1.82, 2.24) is 10.2 Å². The van der Waals surface area contributed by atoms with Crippen molar-refractivity contribution in [1.29, 1.82) is 0 Å². The van der Waals surface area contributed by atoms with Gasteiger partial charge < -0.3 is 10.2 Å². The normalized spacial score (nSPS) is 30.2. The summed E-state index contributed by atoms with van der Waals surface area (Å²) in [5.41, 5.74) is 0.357. The second-order valence-corrected chi connectivity index (χ2v) is 6.92. The zero-order chi connectivity index (χ0) is 14.0. The van der Waals surface area contributed by atoms with Gasteiger partial charge in [-0.2, -0.15) is 0 Å². The largest absolute Gasteiger partial charge is 0.353 e. The van der Waals surface area contributed by atoms with E-state index in [-0.39, 0.29) is 17.7 Å². The van der Waals surface area contributed by atoms with E-state index in [2.05, 4.69) is 19.2 Å². The van der Waals surface area contributed by atoms with Gasteiger partial charge in [0.05, 0.1) is 5.92 Å². The Labute approximate surface area is 115 Å². The zero-order valence-corrected chi connectivity index (χ0v) is 12.4. The lowest BCUT2D eigenvalue weighted by molar-refractivity contribution is -0.134. The first-order chi connectivity index (χ1) is 8.87. The molecule has 1 aliphatic carbocycles. The topological polar surface area (TPSA) is 49.4 Å². The molecule has 0 aromatic heterocycles. The molecule has 19 heavy (non-hydrogen) atoms. The summed E-state index contributed by atoms with van der Waals surface area (Å²) in [5, 5.41) is 3.19. The van der Waals surface area contributed by atoms with Gasteiger partial charge in [-0.3, -0.25) is 9.59 Å². The summed E-state index contributed by atoms with van der Waals surface area (Å²) < 4.78 is 0. The summed E-state index contributed by atoms with van der Waals surface area (Å²) in [6.45, 7) is 7.50. The van der Waals surface area contributed by atoms with Crippen LogP contribution in [0.5, 0.6) is 0 Å². The van der Waals surface area contributed by atoms with E-state index in [0.717, 1.165) is 32.2 Å². The summed E-state index contributed by atoms with van der Waals surface area (Å²) in [5.74, 6) is 0.217. The molecule has 1 aliphatic heterocycles. The third kappa shape index (κ3) is 3.71. The highest BCUT2D eigenvalue weighted by Gasteiger charge is 2.34. The highest BCUT2D eigenvalue weighted by Crippen LogP contribution is 2.37. The van der Waals surface area contributed by atoms with Crippen LogP contribution in [0.25, 0.3) is 0 Å². The molecule has 1 saturated heterocycles. The maximum Gasteiger partial charge on any atom is 0.225 e. The van der Waals surface area contributed by atoms with Gasteiger partial charge in [-0.05, 0) is 37.5 Å². The molecule has 2 amide bonds. The quantitative estimate of drug-likeness (QED) is 0.830. The average molecular weight is 266 g/mol. The van der Waals surface area contributed by atoms with Crippen LogP contribution >= 0.6 is 0 Å². The molecule has 4 nitrogen and oxygen atoms in total. The van der Waals surface area contributed by atoms with Gasteiger partial charge in [0.15, 0.2) is 0 Å². The van der Waals surface area contributed by atoms with Gasteiger partial charge in [-0.15, -0.1) is 0 Å². The van der Waals surface area contributed by atoms with Gasteiger partial charge in [0, 0.05) is 26.1 Å². The minimum atomic E-state index is -0.0126. The number of carbonyl (C=O) groups excluding carboxylic acids is 2. The van der Waals surface area contributed by atoms with E-state index in [1.807, 2.05) is 0 Å². The molecule has 0 aromatic rings. The Morgan fingerprint density at radius 2 is 2.00 bits per heavy atom. The molecule has 0 aromatic carbocycles. The Bertz CT molecular complexity index is 365. The van der Waals surface area contributed by atoms with Gasteiger partial charge in [-0.1, -0.05) is 13.8 Å². The lowest BCUT2D eigenvalue weighted by Crippen LogP contribution is -2.46. The fraction of sp³-hybridized carbons (Fsp3) is 0.867. The minimum absolute atomic E-state index is 0.0126. The third-order valence-corrected chi connectivity index (χ3v) is 4.55. The molecular weight excluding hydrogens is 240 g/mol. The maximum atomic E-state index is 12.3. The second-order valence-electron chi connectivity index (χ2n) is 6.92. The number of rotatable bonds is 2. The van der Waals surface area contributed by atoms with E-state index >= 15 is 0 Å². The molecule has 0 spiro atoms. The second kappa shape index (κ2) is 5.51. The number of amides is 2. The van der Waals surface area contributed by atoms with Crippen LogP contribution in [0.15, 0.2) is 0 Å². The number of nitrogens with zero attached hydrogens (tertiary/aromatic N) is 1. The maximum absolute atomic E-state index is 12.3. The van der Waals surface area contributed by atoms with Crippen LogP contribution in [0.4, 0.5) is 0 Å². The van der Waals surface area contributed by atoms with E-state index in [0.29, 0.717) is 18.0 Å². The first kappa shape index (κ1) is 14.4. The molecule has 0 bridgehead atoms. The van der Waals surface area contributed by atoms with Crippen molar-refractivity contribution in [2.24, 2.45) is 11.3 Å². The molecule has 2 fully saturated rings. The molecule has 108 valence electrons. The van der Waals surface area contributed by atoms with Crippen molar-refractivity contribution >= 4 is 11.8 Å². The van der Waals surface area contributed by atoms with Crippen LogP contribution in [-0.4, -0.2) is 35.8 Å². The predicted octanol–water partition coefficient (Wildman–Crippen LogP) is 1.94. The van der Waals surface area contributed by atoms with Gasteiger partial charge >= 0.3 is 0 Å². The first-order valence-corrected chi connectivity index (χ1v) is 7.43. The summed E-state index contributed by atoms with van der Waals surface area (Å²) in [6.07, 6.45) is 5.19. The van der Waals surface area contributed by atoms with E-state index < -0.39 is 0 Å². The number of piperidine rings is 1. The minimum Gasteiger partial charge on any atom is -0.353 e. The highest BCUT2D eigenvalue weighted by atomic mass is 16.2. The smallest absolute Gasteiger partial charge is 0.225 e. The van der Waals surface area contributed by atoms with Crippen molar-refractivity contribution in [2.45, 2.75) is 58.9 Å². The van der Waals surface area contributed by atoms with E-state index in [9.17, 15) is 9.59 Å². The fourth-order valence-electron chi connectivity index (χ4n) is 3.36. The first-order valence-electron chi connectivity index (χ1n) is 7.43. The third-order valence-electron chi connectivity index (χ3n) is 4.55. The number of hydrogen-bond donors (Lipinski definition) is 1. The molecule has 0 radical (unpaired) electrons. The summed E-state index contributed by atoms with van der Waals surface area (Å²) in [6, 6.07) is 0.329. The van der Waals surface area contributed by atoms with Crippen molar-refractivity contribution in [3.8, 4) is 0 Å². The van der Waals surface area contributed by atoms with Crippen molar-refractivity contribution < 1.29 is 9.59 Å². The number of nitrogens with one attached hydrogen (secondary N) is 1. The SMILES string of the molecule is CC(=O)N1CCCC(C(=O)NC2CCC(C)(C)C2)C1. The zero-order valence-electron chi connectivity index (χ0n) is 12.4. The predicted molar refractivity (Wildman–Crippen MR) is 74.5 cm³/mol. The molecule has 2 rings (SSSR count). The van der Waals surface area contributed by atoms with E-state index in [1.54, 1.807) is 11.8 Å². The summed E-state index contributed by atoms with van der Waals surface area (Å²) in [7, 11) is 0. The van der Waals surface area contributed by atoms with E-state index in [4.69, 9.17) is 0 Å². The standard InChI is InChI=1S/C15H26N2O2/c1-11(18)17-8-4-5-12(10-17)14(19)16-13-6-7-15(2,3)9-13/h12-13H,4-10H2,1-3H3,(H,16,19). The molecule has 2 aliphatic rings. The lowest BCUT2D eigenvalue weighted by Gasteiger charge is -2.32. The molecule has 1 saturated carbocycles. The van der Waals surface area contributed by atoms with Gasteiger partial charge in [0.25, 0.3) is 0 Å². The fourth-order valence-corrected chi connectivity index (χ4v) is 3.36. The molecule has 1 heterocycles. The van der Waals surface area contributed by atoms with Gasteiger partial charge in [0.2, 0.25) is 11.8 Å². The van der Waals surface area contributed by atoms with Crippen LogP contribution < -0.4 is 5.32 Å². The molecule has 4 heteroatoms. The van der Waals surface area contributed by atoms with Crippen LogP contribution in [0.1, 0.15) is 52.9 Å². The Morgan fingerprint density at radius 3 is 2.58 bits per heavy atom. The van der Waals surface area contributed by atoms with Crippen LogP contribution in [0, 0.1) is 11.3 Å². The molecule has 2 unspecified atom stereocenters. The van der Waals surface area contributed by atoms with Crippen LogP contribution in [0.2, 0.25) is 0 Å².